The topological polar surface area (TPSA) is 70.1 Å². The molecule has 4 N–H and O–H groups in total. The number of thioether (sulfide) groups is 1. The summed E-state index contributed by atoms with van der Waals surface area (Å²) < 4.78 is 0.895. The van der Waals surface area contributed by atoms with Gasteiger partial charge in [0.15, 0.2) is 0 Å². The van der Waals surface area contributed by atoms with Gasteiger partial charge in [-0.1, -0.05) is 22.9 Å². The Morgan fingerprint density at radius 2 is 2.12 bits per heavy atom. The Morgan fingerprint density at radius 1 is 1.50 bits per heavy atom. The van der Waals surface area contributed by atoms with E-state index in [2.05, 4.69) is 15.9 Å². The van der Waals surface area contributed by atoms with E-state index in [9.17, 15) is 5.11 Å². The minimum Gasteiger partial charge on any atom is -0.392 e. The van der Waals surface area contributed by atoms with Gasteiger partial charge in [0.2, 0.25) is 0 Å². The first-order chi connectivity index (χ1) is 7.41. The highest BCUT2D eigenvalue weighted by Gasteiger charge is 2.14. The van der Waals surface area contributed by atoms with Crippen molar-refractivity contribution >= 4 is 33.5 Å². The highest BCUT2D eigenvalue weighted by Crippen LogP contribution is 2.30. The average Bonchev–Trinajstić information content (AvgIpc) is 2.20. The minimum atomic E-state index is -0.395. The number of nitrogens with one attached hydrogen (secondary N) is 1. The monoisotopic (exact) mass is 302 g/mol. The zero-order chi connectivity index (χ0) is 12.3. The third kappa shape index (κ3) is 3.50. The molecule has 0 amide bonds. The number of nitrogens with two attached hydrogens (primary N) is 1. The molecule has 0 saturated heterocycles. The van der Waals surface area contributed by atoms with Crippen LogP contribution in [0.15, 0.2) is 27.6 Å². The van der Waals surface area contributed by atoms with Crippen molar-refractivity contribution in [3.05, 3.63) is 28.2 Å². The lowest BCUT2D eigenvalue weighted by atomic mass is 10.2. The number of benzene rings is 1. The number of halogens is 1. The molecule has 5 heteroatoms. The number of amidine groups is 1. The van der Waals surface area contributed by atoms with E-state index in [4.69, 9.17) is 11.1 Å². The van der Waals surface area contributed by atoms with Crippen LogP contribution in [0.25, 0.3) is 0 Å². The summed E-state index contributed by atoms with van der Waals surface area (Å²) in [5, 5.41) is 17.0. The third-order valence-corrected chi connectivity index (χ3v) is 4.09. The number of aliphatic hydroxyl groups excluding tert-OH is 1. The number of nitrogen functional groups attached to an aromatic ring is 1. The molecular formula is C11H15BrN2OS. The van der Waals surface area contributed by atoms with Crippen molar-refractivity contribution in [3.8, 4) is 0 Å². The molecule has 0 aliphatic rings. The second-order valence-electron chi connectivity index (χ2n) is 3.62. The zero-order valence-corrected chi connectivity index (χ0v) is 11.6. The maximum atomic E-state index is 9.45. The van der Waals surface area contributed by atoms with Gasteiger partial charge in [0.05, 0.1) is 6.10 Å². The van der Waals surface area contributed by atoms with E-state index in [-0.39, 0.29) is 11.1 Å². The third-order valence-electron chi connectivity index (χ3n) is 2.22. The van der Waals surface area contributed by atoms with Gasteiger partial charge in [-0.3, -0.25) is 5.41 Å². The number of aliphatic hydroxyl groups is 1. The standard InChI is InChI=1S/C11H15BrN2OS/c1-6(15)7(2)16-10-4-3-8(12)5-9(10)11(13)14/h3-7,15H,1-2H3,(H3,13,14). The first-order valence-corrected chi connectivity index (χ1v) is 6.57. The van der Waals surface area contributed by atoms with Crippen LogP contribution in [0, 0.1) is 5.41 Å². The molecular weight excluding hydrogens is 288 g/mol. The van der Waals surface area contributed by atoms with Crippen LogP contribution in [0.3, 0.4) is 0 Å². The van der Waals surface area contributed by atoms with Crippen molar-refractivity contribution in [1.29, 1.82) is 5.41 Å². The maximum Gasteiger partial charge on any atom is 0.123 e. The highest BCUT2D eigenvalue weighted by molar-refractivity contribution is 9.10. The fourth-order valence-corrected chi connectivity index (χ4v) is 2.52. The van der Waals surface area contributed by atoms with E-state index in [1.807, 2.05) is 25.1 Å². The van der Waals surface area contributed by atoms with Crippen LogP contribution in [-0.4, -0.2) is 22.3 Å². The lowest BCUT2D eigenvalue weighted by molar-refractivity contribution is 0.196. The largest absolute Gasteiger partial charge is 0.392 e. The van der Waals surface area contributed by atoms with Crippen LogP contribution in [0.5, 0.6) is 0 Å². The van der Waals surface area contributed by atoms with E-state index in [1.54, 1.807) is 6.92 Å². The summed E-state index contributed by atoms with van der Waals surface area (Å²) in [4.78, 5) is 0.920. The molecule has 0 aliphatic heterocycles. The van der Waals surface area contributed by atoms with E-state index in [1.165, 1.54) is 11.8 Å². The van der Waals surface area contributed by atoms with Gasteiger partial charge in [0.25, 0.3) is 0 Å². The minimum absolute atomic E-state index is 0.0431. The molecule has 0 saturated carbocycles. The first-order valence-electron chi connectivity index (χ1n) is 4.90. The quantitative estimate of drug-likeness (QED) is 0.455. The van der Waals surface area contributed by atoms with Crippen molar-refractivity contribution in [2.24, 2.45) is 5.73 Å². The van der Waals surface area contributed by atoms with E-state index in [0.717, 1.165) is 9.37 Å². The molecule has 0 bridgehead atoms. The maximum absolute atomic E-state index is 9.45. The number of rotatable bonds is 4. The summed E-state index contributed by atoms with van der Waals surface area (Å²) in [6.07, 6.45) is -0.395. The Hall–Kier alpha value is -0.520. The molecule has 16 heavy (non-hydrogen) atoms. The van der Waals surface area contributed by atoms with Gasteiger partial charge in [-0.15, -0.1) is 11.8 Å². The first kappa shape index (κ1) is 13.5. The van der Waals surface area contributed by atoms with Gasteiger partial charge in [0, 0.05) is 20.2 Å². The fourth-order valence-electron chi connectivity index (χ4n) is 1.11. The molecule has 0 aliphatic carbocycles. The van der Waals surface area contributed by atoms with Crippen molar-refractivity contribution in [1.82, 2.24) is 0 Å². The molecule has 0 heterocycles. The van der Waals surface area contributed by atoms with Gasteiger partial charge in [-0.2, -0.15) is 0 Å². The van der Waals surface area contributed by atoms with E-state index >= 15 is 0 Å². The molecule has 2 unspecified atom stereocenters. The molecule has 0 spiro atoms. The van der Waals surface area contributed by atoms with Crippen molar-refractivity contribution in [3.63, 3.8) is 0 Å². The molecule has 2 atom stereocenters. The summed E-state index contributed by atoms with van der Waals surface area (Å²) >= 11 is 4.87. The summed E-state index contributed by atoms with van der Waals surface area (Å²) in [6, 6.07) is 5.63. The predicted molar refractivity (Wildman–Crippen MR) is 72.2 cm³/mol. The molecule has 1 aromatic rings. The lowest BCUT2D eigenvalue weighted by Crippen LogP contribution is -2.17. The Labute approximate surface area is 108 Å². The van der Waals surface area contributed by atoms with E-state index in [0.29, 0.717) is 5.56 Å². The average molecular weight is 303 g/mol. The van der Waals surface area contributed by atoms with Crippen molar-refractivity contribution < 1.29 is 5.11 Å². The number of hydrogen-bond donors (Lipinski definition) is 3. The summed E-state index contributed by atoms with van der Waals surface area (Å²) in [6.45, 7) is 3.70. The van der Waals surface area contributed by atoms with Gasteiger partial charge >= 0.3 is 0 Å². The van der Waals surface area contributed by atoms with Crippen molar-refractivity contribution in [2.75, 3.05) is 0 Å². The molecule has 0 fully saturated rings. The number of hydrogen-bond acceptors (Lipinski definition) is 3. The van der Waals surface area contributed by atoms with E-state index < -0.39 is 6.10 Å². The molecule has 1 rings (SSSR count). The summed E-state index contributed by atoms with van der Waals surface area (Å²) in [5.41, 5.74) is 6.22. The van der Waals surface area contributed by atoms with Crippen LogP contribution >= 0.6 is 27.7 Å². The summed E-state index contributed by atoms with van der Waals surface area (Å²) in [7, 11) is 0. The van der Waals surface area contributed by atoms with Crippen LogP contribution < -0.4 is 5.73 Å². The molecule has 0 radical (unpaired) electrons. The van der Waals surface area contributed by atoms with Crippen LogP contribution in [-0.2, 0) is 0 Å². The Kier molecular flexibility index (Phi) is 4.83. The molecule has 3 nitrogen and oxygen atoms in total. The Bertz CT molecular complexity index is 396. The summed E-state index contributed by atoms with van der Waals surface area (Å²) in [5.74, 6) is 0.0431. The molecule has 88 valence electrons. The van der Waals surface area contributed by atoms with Gasteiger partial charge in [0.1, 0.15) is 5.84 Å². The normalized spacial score (nSPS) is 14.5. The van der Waals surface area contributed by atoms with Crippen molar-refractivity contribution in [2.45, 2.75) is 30.1 Å². The van der Waals surface area contributed by atoms with Crippen LogP contribution in [0.4, 0.5) is 0 Å². The van der Waals surface area contributed by atoms with Gasteiger partial charge in [-0.25, -0.2) is 0 Å². The second-order valence-corrected chi connectivity index (χ2v) is 5.95. The molecule has 1 aromatic carbocycles. The van der Waals surface area contributed by atoms with Gasteiger partial charge < -0.3 is 10.8 Å². The SMILES string of the molecule is CC(O)C(C)Sc1ccc(Br)cc1C(=N)N. The van der Waals surface area contributed by atoms with Crippen LogP contribution in [0.2, 0.25) is 0 Å². The van der Waals surface area contributed by atoms with Gasteiger partial charge in [-0.05, 0) is 25.1 Å². The van der Waals surface area contributed by atoms with Crippen LogP contribution in [0.1, 0.15) is 19.4 Å². The zero-order valence-electron chi connectivity index (χ0n) is 9.20. The fraction of sp³-hybridized carbons (Fsp3) is 0.364. The predicted octanol–water partition coefficient (Wildman–Crippen LogP) is 2.59. The molecule has 0 aromatic heterocycles. The second kappa shape index (κ2) is 5.70. The smallest absolute Gasteiger partial charge is 0.123 e. The Morgan fingerprint density at radius 3 is 2.62 bits per heavy atom. The Balaban J connectivity index is 2.99. The highest BCUT2D eigenvalue weighted by atomic mass is 79.9. The lowest BCUT2D eigenvalue weighted by Gasteiger charge is -2.16.